The van der Waals surface area contributed by atoms with E-state index in [1.807, 2.05) is 0 Å². The van der Waals surface area contributed by atoms with Crippen LogP contribution >= 0.6 is 0 Å². The molecule has 1 aromatic carbocycles. The molecule has 0 spiro atoms. The minimum atomic E-state index is -0.352. The highest BCUT2D eigenvalue weighted by Crippen LogP contribution is 2.32. The number of nitrogens with one attached hydrogen (secondary N) is 1. The van der Waals surface area contributed by atoms with E-state index >= 15 is 0 Å². The summed E-state index contributed by atoms with van der Waals surface area (Å²) in [6.07, 6.45) is 4.51. The number of hydrogen-bond acceptors (Lipinski definition) is 5. The van der Waals surface area contributed by atoms with Gasteiger partial charge in [0.05, 0.1) is 25.8 Å². The van der Waals surface area contributed by atoms with Crippen LogP contribution < -0.4 is 25.4 Å². The molecule has 3 unspecified atom stereocenters. The molecule has 1 saturated heterocycles. The fourth-order valence-corrected chi connectivity index (χ4v) is 4.06. The van der Waals surface area contributed by atoms with Gasteiger partial charge in [-0.25, -0.2) is 0 Å². The Bertz CT molecular complexity index is 672. The summed E-state index contributed by atoms with van der Waals surface area (Å²) in [4.78, 5) is 26.9. The molecule has 1 aromatic rings. The van der Waals surface area contributed by atoms with Gasteiger partial charge in [0.25, 0.3) is 0 Å². The van der Waals surface area contributed by atoms with Crippen LogP contribution in [0.3, 0.4) is 0 Å². The average molecular weight is 375 g/mol. The van der Waals surface area contributed by atoms with Crippen LogP contribution in [0.2, 0.25) is 0 Å². The largest absolute Gasteiger partial charge is 0.497 e. The molecule has 0 bridgehead atoms. The number of nitrogens with two attached hydrogens (primary N) is 1. The molecule has 148 valence electrons. The second-order valence-electron chi connectivity index (χ2n) is 7.37. The van der Waals surface area contributed by atoms with Gasteiger partial charge in [0.2, 0.25) is 11.8 Å². The fraction of sp³-hybridized carbons (Fsp3) is 0.600. The van der Waals surface area contributed by atoms with Gasteiger partial charge < -0.3 is 25.4 Å². The third-order valence-corrected chi connectivity index (χ3v) is 5.68. The minimum absolute atomic E-state index is 0.0499. The van der Waals surface area contributed by atoms with Gasteiger partial charge >= 0.3 is 0 Å². The number of carbonyl (C=O) groups excluding carboxylic acids is 2. The third-order valence-electron chi connectivity index (χ3n) is 5.68. The summed E-state index contributed by atoms with van der Waals surface area (Å²) in [6.45, 7) is 0.950. The van der Waals surface area contributed by atoms with E-state index in [4.69, 9.17) is 15.2 Å². The summed E-state index contributed by atoms with van der Waals surface area (Å²) < 4.78 is 10.6. The van der Waals surface area contributed by atoms with Gasteiger partial charge in [0, 0.05) is 37.2 Å². The number of nitrogens with zero attached hydrogens (tertiary/aromatic N) is 1. The van der Waals surface area contributed by atoms with Crippen molar-refractivity contribution in [1.82, 2.24) is 5.32 Å². The SMILES string of the molecule is COc1cc(OC)cc(N2CC(C(=O)NC3CCCCC3CN)CC2=O)c1. The smallest absolute Gasteiger partial charge is 0.227 e. The molecule has 2 fully saturated rings. The van der Waals surface area contributed by atoms with Gasteiger partial charge in [-0.05, 0) is 25.3 Å². The number of ether oxygens (including phenoxy) is 2. The van der Waals surface area contributed by atoms with Crippen molar-refractivity contribution in [2.45, 2.75) is 38.1 Å². The highest BCUT2D eigenvalue weighted by molar-refractivity contribution is 6.00. The standard InChI is InChI=1S/C20H29N3O4/c1-26-16-8-15(9-17(10-16)27-2)23-12-14(7-19(23)24)20(25)22-18-6-4-3-5-13(18)11-21/h8-10,13-14,18H,3-7,11-12,21H2,1-2H3,(H,22,25). The summed E-state index contributed by atoms with van der Waals surface area (Å²) in [7, 11) is 3.14. The van der Waals surface area contributed by atoms with Crippen molar-refractivity contribution in [2.24, 2.45) is 17.6 Å². The molecule has 3 N–H and O–H groups in total. The summed E-state index contributed by atoms with van der Waals surface area (Å²) in [5.41, 5.74) is 6.54. The molecular formula is C20H29N3O4. The van der Waals surface area contributed by atoms with Crippen molar-refractivity contribution in [2.75, 3.05) is 32.2 Å². The summed E-state index contributed by atoms with van der Waals surface area (Å²) in [5.74, 6) is 1.08. The van der Waals surface area contributed by atoms with Crippen LogP contribution in [0.15, 0.2) is 18.2 Å². The molecule has 3 rings (SSSR count). The lowest BCUT2D eigenvalue weighted by molar-refractivity contribution is -0.127. The first-order chi connectivity index (χ1) is 13.0. The van der Waals surface area contributed by atoms with E-state index in [0.29, 0.717) is 36.2 Å². The van der Waals surface area contributed by atoms with Crippen LogP contribution in [0.25, 0.3) is 0 Å². The van der Waals surface area contributed by atoms with Crippen LogP contribution in [0.1, 0.15) is 32.1 Å². The van der Waals surface area contributed by atoms with Crippen molar-refractivity contribution in [3.8, 4) is 11.5 Å². The van der Waals surface area contributed by atoms with E-state index in [1.54, 1.807) is 37.3 Å². The van der Waals surface area contributed by atoms with Crippen LogP contribution in [0.4, 0.5) is 5.69 Å². The number of amides is 2. The number of rotatable bonds is 6. The molecule has 0 aromatic heterocycles. The zero-order valence-electron chi connectivity index (χ0n) is 16.1. The van der Waals surface area contributed by atoms with Crippen molar-refractivity contribution in [1.29, 1.82) is 0 Å². The number of benzene rings is 1. The first-order valence-corrected chi connectivity index (χ1v) is 9.59. The number of carbonyl (C=O) groups is 2. The molecule has 0 radical (unpaired) electrons. The summed E-state index contributed by atoms with van der Waals surface area (Å²) in [5, 5.41) is 3.15. The van der Waals surface area contributed by atoms with E-state index in [2.05, 4.69) is 5.32 Å². The van der Waals surface area contributed by atoms with Crippen molar-refractivity contribution in [3.63, 3.8) is 0 Å². The number of hydrogen-bond donors (Lipinski definition) is 2. The lowest BCUT2D eigenvalue weighted by Crippen LogP contribution is -2.47. The molecule has 7 heteroatoms. The van der Waals surface area contributed by atoms with Gasteiger partial charge in [-0.2, -0.15) is 0 Å². The average Bonchev–Trinajstić information content (AvgIpc) is 3.09. The lowest BCUT2D eigenvalue weighted by Gasteiger charge is -2.32. The Balaban J connectivity index is 1.69. The molecular weight excluding hydrogens is 346 g/mol. The normalized spacial score (nSPS) is 25.4. The molecule has 7 nitrogen and oxygen atoms in total. The van der Waals surface area contributed by atoms with E-state index in [0.717, 1.165) is 19.3 Å². The topological polar surface area (TPSA) is 93.9 Å². The molecule has 1 heterocycles. The zero-order valence-corrected chi connectivity index (χ0v) is 16.1. The monoisotopic (exact) mass is 375 g/mol. The Kier molecular flexibility index (Phi) is 6.21. The first-order valence-electron chi connectivity index (χ1n) is 9.59. The lowest BCUT2D eigenvalue weighted by atomic mass is 9.84. The van der Waals surface area contributed by atoms with Crippen LogP contribution in [0, 0.1) is 11.8 Å². The second-order valence-corrected chi connectivity index (χ2v) is 7.37. The first kappa shape index (κ1) is 19.5. The molecule has 1 saturated carbocycles. The highest BCUT2D eigenvalue weighted by Gasteiger charge is 2.37. The number of methoxy groups -OCH3 is 2. The maximum absolute atomic E-state index is 12.8. The van der Waals surface area contributed by atoms with Gasteiger partial charge in [-0.15, -0.1) is 0 Å². The predicted molar refractivity (Wildman–Crippen MR) is 103 cm³/mol. The Labute approximate surface area is 160 Å². The maximum atomic E-state index is 12.8. The zero-order chi connectivity index (χ0) is 19.4. The van der Waals surface area contributed by atoms with Gasteiger partial charge in [0.15, 0.2) is 0 Å². The summed E-state index contributed by atoms with van der Waals surface area (Å²) >= 11 is 0. The molecule has 2 amide bonds. The Morgan fingerprint density at radius 2 is 1.85 bits per heavy atom. The molecule has 2 aliphatic rings. The van der Waals surface area contributed by atoms with Gasteiger partial charge in [0.1, 0.15) is 11.5 Å². The van der Waals surface area contributed by atoms with Crippen molar-refractivity contribution < 1.29 is 19.1 Å². The van der Waals surface area contributed by atoms with Gasteiger partial charge in [-0.1, -0.05) is 12.8 Å². The van der Waals surface area contributed by atoms with Crippen LogP contribution in [0.5, 0.6) is 11.5 Å². The van der Waals surface area contributed by atoms with Crippen molar-refractivity contribution in [3.05, 3.63) is 18.2 Å². The maximum Gasteiger partial charge on any atom is 0.227 e. The predicted octanol–water partition coefficient (Wildman–Crippen LogP) is 1.69. The van der Waals surface area contributed by atoms with E-state index in [1.165, 1.54) is 6.42 Å². The van der Waals surface area contributed by atoms with E-state index in [-0.39, 0.29) is 30.2 Å². The Morgan fingerprint density at radius 3 is 2.48 bits per heavy atom. The molecule has 27 heavy (non-hydrogen) atoms. The Hall–Kier alpha value is -2.28. The number of anilines is 1. The van der Waals surface area contributed by atoms with Crippen LogP contribution in [-0.2, 0) is 9.59 Å². The van der Waals surface area contributed by atoms with E-state index < -0.39 is 0 Å². The van der Waals surface area contributed by atoms with E-state index in [9.17, 15) is 9.59 Å². The Morgan fingerprint density at radius 1 is 1.19 bits per heavy atom. The summed E-state index contributed by atoms with van der Waals surface area (Å²) in [6, 6.07) is 5.44. The highest BCUT2D eigenvalue weighted by atomic mass is 16.5. The molecule has 1 aliphatic carbocycles. The van der Waals surface area contributed by atoms with Crippen LogP contribution in [-0.4, -0.2) is 45.2 Å². The van der Waals surface area contributed by atoms with Gasteiger partial charge in [-0.3, -0.25) is 9.59 Å². The third kappa shape index (κ3) is 4.35. The quantitative estimate of drug-likeness (QED) is 0.789. The molecule has 1 aliphatic heterocycles. The molecule has 3 atom stereocenters. The second kappa shape index (κ2) is 8.61. The fourth-order valence-electron chi connectivity index (χ4n) is 4.06. The van der Waals surface area contributed by atoms with Crippen molar-refractivity contribution >= 4 is 17.5 Å². The minimum Gasteiger partial charge on any atom is -0.497 e.